The van der Waals surface area contributed by atoms with Crippen LogP contribution in [0.1, 0.15) is 35.6 Å². The van der Waals surface area contributed by atoms with Gasteiger partial charge in [-0.15, -0.1) is 11.8 Å². The number of likely N-dealkylation sites (N-methyl/N-ethyl adjacent to an activating group) is 1. The number of carbonyl (C=O) groups is 2. The molecule has 1 saturated heterocycles. The number of anilines is 1. The molecule has 0 spiro atoms. The minimum absolute atomic E-state index is 0.00349. The topological polar surface area (TPSA) is 115 Å². The van der Waals surface area contributed by atoms with E-state index in [1.807, 2.05) is 0 Å². The molecule has 1 amide bonds. The van der Waals surface area contributed by atoms with Crippen LogP contribution in [0.25, 0.3) is 0 Å². The molecule has 250 valence electrons. The number of esters is 1. The van der Waals surface area contributed by atoms with Gasteiger partial charge in [-0.2, -0.15) is 13.1 Å². The van der Waals surface area contributed by atoms with Gasteiger partial charge >= 0.3 is 12.6 Å². The molecule has 2 atom stereocenters. The summed E-state index contributed by atoms with van der Waals surface area (Å²) in [5.74, 6) is -0.669. The summed E-state index contributed by atoms with van der Waals surface area (Å²) in [5, 5.41) is 0.422. The maximum absolute atomic E-state index is 13.8. The minimum atomic E-state index is -4.17. The molecule has 1 saturated carbocycles. The van der Waals surface area contributed by atoms with Crippen LogP contribution >= 0.6 is 35.0 Å². The highest BCUT2D eigenvalue weighted by atomic mass is 35.5. The Morgan fingerprint density at radius 1 is 1.11 bits per heavy atom. The highest BCUT2D eigenvalue weighted by molar-refractivity contribution is 8.00. The maximum atomic E-state index is 13.8. The first kappa shape index (κ1) is 33.7. The fraction of sp³-hybridized carbons (Fsp3) is 0.387. The number of benzene rings is 2. The zero-order valence-electron chi connectivity index (χ0n) is 24.9. The number of amides is 1. The quantitative estimate of drug-likeness (QED) is 0.211. The standard InChI is InChI=1S/C31H29Cl2F2N3O7S2/c1-37-24-6-5-20(8-19(24)10-29(37)39)47(41,42)38-16-46-15-25(38)30(40)44-27(11-21-22(32)12-36-13-23(21)33)18-4-7-26(45-31(34)35)28(9-18)43-14-17-2-3-17/h4-9,12-13,17,25,27,31H,2-3,10-11,14-16H2,1H3/t25-,27-/m0/s1. The van der Waals surface area contributed by atoms with Crippen LogP contribution in [-0.4, -0.2) is 67.5 Å². The van der Waals surface area contributed by atoms with Gasteiger partial charge in [0.1, 0.15) is 12.1 Å². The van der Waals surface area contributed by atoms with Crippen LogP contribution in [0.2, 0.25) is 10.0 Å². The number of hydrogen-bond acceptors (Lipinski definition) is 9. The third kappa shape index (κ3) is 7.31. The van der Waals surface area contributed by atoms with E-state index >= 15 is 0 Å². The molecule has 16 heteroatoms. The Kier molecular flexibility index (Phi) is 9.86. The average Bonchev–Trinajstić information content (AvgIpc) is 3.63. The zero-order chi connectivity index (χ0) is 33.5. The van der Waals surface area contributed by atoms with E-state index in [-0.39, 0.29) is 56.8 Å². The van der Waals surface area contributed by atoms with Gasteiger partial charge in [-0.25, -0.2) is 8.42 Å². The Morgan fingerprint density at radius 2 is 1.85 bits per heavy atom. The predicted octanol–water partition coefficient (Wildman–Crippen LogP) is 5.89. The summed E-state index contributed by atoms with van der Waals surface area (Å²) < 4.78 is 71.6. The third-order valence-corrected chi connectivity index (χ3v) is 11.9. The SMILES string of the molecule is CN1C(=O)Cc2cc(S(=O)(=O)N3CSC[C@H]3C(=O)O[C@@H](Cc3c(Cl)cncc3Cl)c3ccc(OC(F)F)c(OCC4CC4)c3)ccc21. The number of ether oxygens (including phenoxy) is 3. The second-order valence-corrected chi connectivity index (χ2v) is 15.1. The van der Waals surface area contributed by atoms with Gasteiger partial charge in [-0.1, -0.05) is 29.3 Å². The number of fused-ring (bicyclic) bond motifs is 1. The van der Waals surface area contributed by atoms with Crippen LogP contribution < -0.4 is 14.4 Å². The highest BCUT2D eigenvalue weighted by Crippen LogP contribution is 2.39. The lowest BCUT2D eigenvalue weighted by Gasteiger charge is -2.26. The van der Waals surface area contributed by atoms with Gasteiger partial charge in [0.15, 0.2) is 11.5 Å². The normalized spacial score (nSPS) is 18.8. The molecule has 6 rings (SSSR count). The predicted molar refractivity (Wildman–Crippen MR) is 172 cm³/mol. The molecular weight excluding hydrogens is 699 g/mol. The molecule has 1 aromatic heterocycles. The number of aromatic nitrogens is 1. The highest BCUT2D eigenvalue weighted by Gasteiger charge is 2.42. The number of pyridine rings is 1. The Labute approximate surface area is 284 Å². The Hall–Kier alpha value is -3.17. The Morgan fingerprint density at radius 3 is 2.55 bits per heavy atom. The number of carbonyl (C=O) groups excluding carboxylic acids is 2. The molecule has 47 heavy (non-hydrogen) atoms. The van der Waals surface area contributed by atoms with Gasteiger partial charge in [0.05, 0.1) is 33.8 Å². The molecule has 2 fully saturated rings. The number of hydrogen-bond donors (Lipinski definition) is 0. The van der Waals surface area contributed by atoms with Crippen molar-refractivity contribution < 1.29 is 41.0 Å². The number of alkyl halides is 2. The summed E-state index contributed by atoms with van der Waals surface area (Å²) in [6.07, 6.45) is 3.64. The number of sulfonamides is 1. The largest absolute Gasteiger partial charge is 0.489 e. The Balaban J connectivity index is 1.30. The van der Waals surface area contributed by atoms with E-state index < -0.39 is 34.7 Å². The summed E-state index contributed by atoms with van der Waals surface area (Å²) in [6.45, 7) is -2.79. The van der Waals surface area contributed by atoms with E-state index in [0.717, 1.165) is 17.1 Å². The molecule has 10 nitrogen and oxygen atoms in total. The molecule has 0 unspecified atom stereocenters. The first-order valence-electron chi connectivity index (χ1n) is 14.6. The Bertz CT molecular complexity index is 1790. The molecule has 1 aliphatic carbocycles. The lowest BCUT2D eigenvalue weighted by Crippen LogP contribution is -2.43. The third-order valence-electron chi connectivity index (χ3n) is 8.18. The molecule has 2 aromatic carbocycles. The second kappa shape index (κ2) is 13.7. The van der Waals surface area contributed by atoms with Gasteiger partial charge in [0.25, 0.3) is 0 Å². The van der Waals surface area contributed by atoms with E-state index in [0.29, 0.717) is 34.9 Å². The van der Waals surface area contributed by atoms with Crippen molar-refractivity contribution in [3.05, 3.63) is 75.5 Å². The van der Waals surface area contributed by atoms with Crippen molar-refractivity contribution in [2.24, 2.45) is 5.92 Å². The van der Waals surface area contributed by atoms with Crippen molar-refractivity contribution in [2.45, 2.75) is 49.3 Å². The van der Waals surface area contributed by atoms with Crippen LogP contribution in [0.4, 0.5) is 14.5 Å². The average molecular weight is 729 g/mol. The summed E-state index contributed by atoms with van der Waals surface area (Å²) in [7, 11) is -2.55. The molecule has 0 N–H and O–H groups in total. The van der Waals surface area contributed by atoms with Gasteiger partial charge in [0.2, 0.25) is 15.9 Å². The second-order valence-electron chi connectivity index (χ2n) is 11.4. The van der Waals surface area contributed by atoms with E-state index in [2.05, 4.69) is 9.72 Å². The molecule has 3 aromatic rings. The smallest absolute Gasteiger partial charge is 0.387 e. The van der Waals surface area contributed by atoms with Crippen molar-refractivity contribution in [3.8, 4) is 11.5 Å². The minimum Gasteiger partial charge on any atom is -0.489 e. The maximum Gasteiger partial charge on any atom is 0.387 e. The summed E-state index contributed by atoms with van der Waals surface area (Å²) in [6, 6.07) is 7.49. The lowest BCUT2D eigenvalue weighted by atomic mass is 10.0. The summed E-state index contributed by atoms with van der Waals surface area (Å²) in [5.41, 5.74) is 1.98. The van der Waals surface area contributed by atoms with Crippen molar-refractivity contribution in [3.63, 3.8) is 0 Å². The van der Waals surface area contributed by atoms with Crippen LogP contribution in [-0.2, 0) is 37.2 Å². The van der Waals surface area contributed by atoms with E-state index in [1.165, 1.54) is 59.4 Å². The van der Waals surface area contributed by atoms with Crippen molar-refractivity contribution in [2.75, 3.05) is 30.2 Å². The zero-order valence-corrected chi connectivity index (χ0v) is 28.1. The molecule has 3 heterocycles. The molecule has 3 aliphatic rings. The van der Waals surface area contributed by atoms with E-state index in [4.69, 9.17) is 32.7 Å². The fourth-order valence-electron chi connectivity index (χ4n) is 5.38. The fourth-order valence-corrected chi connectivity index (χ4v) is 9.07. The number of thioether (sulfide) groups is 1. The van der Waals surface area contributed by atoms with Crippen molar-refractivity contribution in [1.29, 1.82) is 0 Å². The number of nitrogens with zero attached hydrogens (tertiary/aromatic N) is 3. The number of halogens is 4. The van der Waals surface area contributed by atoms with Gasteiger partial charge < -0.3 is 19.1 Å². The monoisotopic (exact) mass is 727 g/mol. The van der Waals surface area contributed by atoms with E-state index in [1.54, 1.807) is 13.1 Å². The van der Waals surface area contributed by atoms with Gasteiger partial charge in [-0.3, -0.25) is 14.6 Å². The van der Waals surface area contributed by atoms with Crippen molar-refractivity contribution >= 4 is 62.6 Å². The van der Waals surface area contributed by atoms with Gasteiger partial charge in [0, 0.05) is 37.3 Å². The molecular formula is C31H29Cl2F2N3O7S2. The number of rotatable bonds is 12. The lowest BCUT2D eigenvalue weighted by molar-refractivity contribution is -0.153. The first-order valence-corrected chi connectivity index (χ1v) is 18.0. The first-order chi connectivity index (χ1) is 22.4. The van der Waals surface area contributed by atoms with Crippen LogP contribution in [0, 0.1) is 5.92 Å². The van der Waals surface area contributed by atoms with Crippen LogP contribution in [0.15, 0.2) is 53.7 Å². The van der Waals surface area contributed by atoms with Crippen LogP contribution in [0.3, 0.4) is 0 Å². The van der Waals surface area contributed by atoms with Crippen molar-refractivity contribution in [1.82, 2.24) is 9.29 Å². The summed E-state index contributed by atoms with van der Waals surface area (Å²) >= 11 is 14.1. The van der Waals surface area contributed by atoms with Gasteiger partial charge in [-0.05, 0) is 65.8 Å². The van der Waals surface area contributed by atoms with Crippen LogP contribution in [0.5, 0.6) is 11.5 Å². The summed E-state index contributed by atoms with van der Waals surface area (Å²) in [4.78, 5) is 31.4. The molecule has 2 aliphatic heterocycles. The molecule has 0 bridgehead atoms. The van der Waals surface area contributed by atoms with E-state index in [9.17, 15) is 26.8 Å². The molecule has 0 radical (unpaired) electrons.